The SMILES string of the molecule is Cc1ccc(C2(CN)NC(=O)NC2=O)c(C)c1. The van der Waals surface area contributed by atoms with Gasteiger partial charge in [0.15, 0.2) is 5.54 Å². The third-order valence-corrected chi connectivity index (χ3v) is 3.09. The predicted octanol–water partition coefficient (Wildman–Crippen LogP) is 0.297. The molecule has 1 aliphatic rings. The van der Waals surface area contributed by atoms with Gasteiger partial charge in [-0.25, -0.2) is 4.79 Å². The van der Waals surface area contributed by atoms with Crippen LogP contribution in [0.15, 0.2) is 18.2 Å². The van der Waals surface area contributed by atoms with Gasteiger partial charge >= 0.3 is 6.03 Å². The molecular formula is C12H15N3O2. The molecule has 0 aromatic heterocycles. The first kappa shape index (κ1) is 11.6. The zero-order valence-corrected chi connectivity index (χ0v) is 9.83. The number of hydrogen-bond donors (Lipinski definition) is 3. The molecule has 0 radical (unpaired) electrons. The van der Waals surface area contributed by atoms with Gasteiger partial charge in [0, 0.05) is 6.54 Å². The van der Waals surface area contributed by atoms with Crippen molar-refractivity contribution < 1.29 is 9.59 Å². The highest BCUT2D eigenvalue weighted by Gasteiger charge is 2.47. The molecular weight excluding hydrogens is 218 g/mol. The van der Waals surface area contributed by atoms with E-state index in [-0.39, 0.29) is 6.54 Å². The standard InChI is InChI=1S/C12H15N3O2/c1-7-3-4-9(8(2)5-7)12(6-13)10(16)14-11(17)15-12/h3-5H,6,13H2,1-2H3,(H2,14,15,16,17). The molecule has 1 aliphatic heterocycles. The minimum atomic E-state index is -1.13. The molecule has 1 unspecified atom stereocenters. The van der Waals surface area contributed by atoms with Crippen molar-refractivity contribution in [3.63, 3.8) is 0 Å². The summed E-state index contributed by atoms with van der Waals surface area (Å²) in [6.45, 7) is 3.91. The van der Waals surface area contributed by atoms with Gasteiger partial charge in [-0.05, 0) is 25.0 Å². The molecule has 0 spiro atoms. The lowest BCUT2D eigenvalue weighted by atomic mass is 9.86. The first-order chi connectivity index (χ1) is 7.99. The number of nitrogens with two attached hydrogens (primary N) is 1. The van der Waals surface area contributed by atoms with E-state index in [1.165, 1.54) is 0 Å². The summed E-state index contributed by atoms with van der Waals surface area (Å²) in [6.07, 6.45) is 0. The second-order valence-electron chi connectivity index (χ2n) is 4.34. The van der Waals surface area contributed by atoms with Crippen LogP contribution in [0.4, 0.5) is 4.79 Å². The molecule has 3 amide bonds. The molecule has 5 nitrogen and oxygen atoms in total. The maximum atomic E-state index is 11.9. The summed E-state index contributed by atoms with van der Waals surface area (Å²) in [4.78, 5) is 23.2. The van der Waals surface area contributed by atoms with E-state index in [1.54, 1.807) is 0 Å². The van der Waals surface area contributed by atoms with Crippen LogP contribution in [0.3, 0.4) is 0 Å². The van der Waals surface area contributed by atoms with E-state index in [1.807, 2.05) is 32.0 Å². The van der Waals surface area contributed by atoms with Gasteiger partial charge < -0.3 is 11.1 Å². The van der Waals surface area contributed by atoms with Gasteiger partial charge in [-0.2, -0.15) is 0 Å². The van der Waals surface area contributed by atoms with E-state index in [4.69, 9.17) is 5.73 Å². The fourth-order valence-corrected chi connectivity index (χ4v) is 2.23. The van der Waals surface area contributed by atoms with Crippen LogP contribution in [-0.4, -0.2) is 18.5 Å². The number of nitrogens with one attached hydrogen (secondary N) is 2. The van der Waals surface area contributed by atoms with Gasteiger partial charge in [0.25, 0.3) is 5.91 Å². The predicted molar refractivity (Wildman–Crippen MR) is 63.3 cm³/mol. The highest BCUT2D eigenvalue weighted by molar-refractivity contribution is 6.07. The van der Waals surface area contributed by atoms with Crippen molar-refractivity contribution in [1.82, 2.24) is 10.6 Å². The van der Waals surface area contributed by atoms with Crippen molar-refractivity contribution >= 4 is 11.9 Å². The lowest BCUT2D eigenvalue weighted by Gasteiger charge is -2.26. The van der Waals surface area contributed by atoms with E-state index in [2.05, 4.69) is 10.6 Å². The number of carbonyl (C=O) groups excluding carboxylic acids is 2. The average molecular weight is 233 g/mol. The Morgan fingerprint density at radius 1 is 1.29 bits per heavy atom. The summed E-state index contributed by atoms with van der Waals surface area (Å²) in [5.74, 6) is -0.392. The molecule has 0 saturated carbocycles. The van der Waals surface area contributed by atoms with Gasteiger partial charge in [0.2, 0.25) is 0 Å². The van der Waals surface area contributed by atoms with Gasteiger partial charge in [0.1, 0.15) is 0 Å². The van der Waals surface area contributed by atoms with E-state index < -0.39 is 17.5 Å². The van der Waals surface area contributed by atoms with Crippen LogP contribution in [0.5, 0.6) is 0 Å². The summed E-state index contributed by atoms with van der Waals surface area (Å²) in [6, 6.07) is 5.20. The van der Waals surface area contributed by atoms with Crippen LogP contribution in [-0.2, 0) is 10.3 Å². The summed E-state index contributed by atoms with van der Waals surface area (Å²) in [7, 11) is 0. The third kappa shape index (κ3) is 1.68. The summed E-state index contributed by atoms with van der Waals surface area (Å²) >= 11 is 0. The van der Waals surface area contributed by atoms with Crippen molar-refractivity contribution in [2.75, 3.05) is 6.54 Å². The molecule has 1 heterocycles. The highest BCUT2D eigenvalue weighted by atomic mass is 16.2. The Balaban J connectivity index is 2.56. The zero-order valence-electron chi connectivity index (χ0n) is 9.83. The topological polar surface area (TPSA) is 84.2 Å². The van der Waals surface area contributed by atoms with Crippen LogP contribution in [0, 0.1) is 13.8 Å². The van der Waals surface area contributed by atoms with Crippen LogP contribution in [0.2, 0.25) is 0 Å². The Morgan fingerprint density at radius 3 is 2.47 bits per heavy atom. The lowest BCUT2D eigenvalue weighted by molar-refractivity contribution is -0.124. The van der Waals surface area contributed by atoms with Gasteiger partial charge in [-0.3, -0.25) is 10.1 Å². The maximum Gasteiger partial charge on any atom is 0.322 e. The number of urea groups is 1. The second kappa shape index (κ2) is 3.85. The molecule has 1 fully saturated rings. The average Bonchev–Trinajstić information content (AvgIpc) is 2.54. The van der Waals surface area contributed by atoms with E-state index in [9.17, 15) is 9.59 Å². The van der Waals surface area contributed by atoms with Crippen molar-refractivity contribution in [1.29, 1.82) is 0 Å². The Labute approximate surface area is 99.4 Å². The smallest absolute Gasteiger partial charge is 0.322 e. The van der Waals surface area contributed by atoms with Gasteiger partial charge in [-0.1, -0.05) is 23.8 Å². The summed E-state index contributed by atoms with van der Waals surface area (Å²) < 4.78 is 0. The Morgan fingerprint density at radius 2 is 2.00 bits per heavy atom. The number of rotatable bonds is 2. The Bertz CT molecular complexity index is 499. The highest BCUT2D eigenvalue weighted by Crippen LogP contribution is 2.27. The fourth-order valence-electron chi connectivity index (χ4n) is 2.23. The number of hydrogen-bond acceptors (Lipinski definition) is 3. The minimum absolute atomic E-state index is 0.0362. The zero-order chi connectivity index (χ0) is 12.6. The number of amides is 3. The Kier molecular flexibility index (Phi) is 2.63. The molecule has 1 aromatic carbocycles. The van der Waals surface area contributed by atoms with Crippen molar-refractivity contribution in [2.45, 2.75) is 19.4 Å². The van der Waals surface area contributed by atoms with E-state index >= 15 is 0 Å². The normalized spacial score (nSPS) is 23.5. The van der Waals surface area contributed by atoms with E-state index in [0.717, 1.165) is 16.7 Å². The first-order valence-corrected chi connectivity index (χ1v) is 5.41. The fraction of sp³-hybridized carbons (Fsp3) is 0.333. The molecule has 90 valence electrons. The van der Waals surface area contributed by atoms with Crippen molar-refractivity contribution in [3.05, 3.63) is 34.9 Å². The van der Waals surface area contributed by atoms with Crippen molar-refractivity contribution in [2.24, 2.45) is 5.73 Å². The molecule has 5 heteroatoms. The second-order valence-corrected chi connectivity index (χ2v) is 4.34. The molecule has 1 atom stereocenters. The Hall–Kier alpha value is -1.88. The first-order valence-electron chi connectivity index (χ1n) is 5.41. The number of imide groups is 1. The number of carbonyl (C=O) groups is 2. The third-order valence-electron chi connectivity index (χ3n) is 3.09. The number of aryl methyl sites for hydroxylation is 2. The quantitative estimate of drug-likeness (QED) is 0.642. The summed E-state index contributed by atoms with van der Waals surface area (Å²) in [5.41, 5.74) is 7.34. The molecule has 0 aliphatic carbocycles. The molecule has 2 rings (SSSR count). The minimum Gasteiger partial charge on any atom is -0.327 e. The maximum absolute atomic E-state index is 11.9. The number of benzene rings is 1. The van der Waals surface area contributed by atoms with Crippen LogP contribution >= 0.6 is 0 Å². The molecule has 4 N–H and O–H groups in total. The van der Waals surface area contributed by atoms with Crippen LogP contribution < -0.4 is 16.4 Å². The van der Waals surface area contributed by atoms with Crippen LogP contribution in [0.1, 0.15) is 16.7 Å². The monoisotopic (exact) mass is 233 g/mol. The molecule has 0 bridgehead atoms. The van der Waals surface area contributed by atoms with Crippen molar-refractivity contribution in [3.8, 4) is 0 Å². The van der Waals surface area contributed by atoms with Gasteiger partial charge in [-0.15, -0.1) is 0 Å². The lowest BCUT2D eigenvalue weighted by Crippen LogP contribution is -2.50. The molecule has 1 aromatic rings. The molecule has 1 saturated heterocycles. The largest absolute Gasteiger partial charge is 0.327 e. The van der Waals surface area contributed by atoms with E-state index in [0.29, 0.717) is 0 Å². The summed E-state index contributed by atoms with van der Waals surface area (Å²) in [5, 5.41) is 4.85. The van der Waals surface area contributed by atoms with Crippen LogP contribution in [0.25, 0.3) is 0 Å². The van der Waals surface area contributed by atoms with Gasteiger partial charge in [0.05, 0.1) is 0 Å². The molecule has 17 heavy (non-hydrogen) atoms.